The fourth-order valence-corrected chi connectivity index (χ4v) is 4.78. The van der Waals surface area contributed by atoms with E-state index in [0.717, 1.165) is 50.5 Å². The number of pyridine rings is 1. The maximum absolute atomic E-state index is 6.15. The molecule has 8 nitrogen and oxygen atoms in total. The number of hydrazine groups is 1. The number of anilines is 1. The number of rotatable bonds is 3. The van der Waals surface area contributed by atoms with Gasteiger partial charge in [0.25, 0.3) is 0 Å². The van der Waals surface area contributed by atoms with Gasteiger partial charge in [0.2, 0.25) is 5.95 Å². The van der Waals surface area contributed by atoms with E-state index < -0.39 is 0 Å². The zero-order chi connectivity index (χ0) is 18.9. The van der Waals surface area contributed by atoms with Crippen molar-refractivity contribution in [1.29, 1.82) is 0 Å². The van der Waals surface area contributed by atoms with E-state index in [1.807, 2.05) is 30.7 Å². The first-order chi connectivity index (χ1) is 13.8. The largest absolute Gasteiger partial charge is 0.339 e. The van der Waals surface area contributed by atoms with E-state index in [4.69, 9.17) is 10.7 Å². The number of nitrogens with two attached hydrogens (primary N) is 1. The summed E-state index contributed by atoms with van der Waals surface area (Å²) in [4.78, 5) is 16.0. The molecule has 0 aromatic carbocycles. The summed E-state index contributed by atoms with van der Waals surface area (Å²) in [6.45, 7) is 2.73. The van der Waals surface area contributed by atoms with Gasteiger partial charge < -0.3 is 16.0 Å². The number of aromatic nitrogens is 3. The minimum atomic E-state index is 0.173. The quantitative estimate of drug-likeness (QED) is 0.616. The molecule has 2 aromatic heterocycles. The van der Waals surface area contributed by atoms with Crippen LogP contribution in [0.15, 0.2) is 36.8 Å². The van der Waals surface area contributed by atoms with Gasteiger partial charge in [-0.05, 0) is 37.0 Å². The van der Waals surface area contributed by atoms with E-state index in [9.17, 15) is 0 Å². The van der Waals surface area contributed by atoms with Crippen LogP contribution in [0, 0.1) is 5.92 Å². The highest BCUT2D eigenvalue weighted by Gasteiger charge is 2.42. The van der Waals surface area contributed by atoms with Gasteiger partial charge in [-0.15, -0.1) is 0 Å². The molecule has 5 atom stereocenters. The third-order valence-electron chi connectivity index (χ3n) is 6.27. The fourth-order valence-electron chi connectivity index (χ4n) is 4.78. The Bertz CT molecular complexity index is 800. The molecule has 4 unspecified atom stereocenters. The molecule has 2 aromatic rings. The van der Waals surface area contributed by atoms with Crippen molar-refractivity contribution in [1.82, 2.24) is 31.1 Å². The van der Waals surface area contributed by atoms with E-state index >= 15 is 0 Å². The topological polar surface area (TPSA) is 104 Å². The Morgan fingerprint density at radius 3 is 3.00 bits per heavy atom. The highest BCUT2D eigenvalue weighted by Crippen LogP contribution is 2.37. The molecule has 148 valence electrons. The summed E-state index contributed by atoms with van der Waals surface area (Å²) in [6.07, 6.45) is 8.88. The summed E-state index contributed by atoms with van der Waals surface area (Å²) in [7, 11) is 0. The fraction of sp³-hybridized carbons (Fsp3) is 0.550. The van der Waals surface area contributed by atoms with Crippen LogP contribution in [0.2, 0.25) is 0 Å². The van der Waals surface area contributed by atoms with Gasteiger partial charge in [-0.2, -0.15) is 0 Å². The molecule has 0 bridgehead atoms. The molecule has 0 aliphatic carbocycles. The van der Waals surface area contributed by atoms with E-state index in [0.29, 0.717) is 18.0 Å². The minimum absolute atomic E-state index is 0.173. The van der Waals surface area contributed by atoms with E-state index in [-0.39, 0.29) is 12.1 Å². The molecule has 0 saturated carbocycles. The van der Waals surface area contributed by atoms with Gasteiger partial charge in [0.05, 0.1) is 11.7 Å². The van der Waals surface area contributed by atoms with Crippen LogP contribution in [0.1, 0.15) is 42.6 Å². The molecule has 3 saturated heterocycles. The number of fused-ring (bicyclic) bond motifs is 1. The predicted molar refractivity (Wildman–Crippen MR) is 107 cm³/mol. The van der Waals surface area contributed by atoms with E-state index in [1.54, 1.807) is 0 Å². The molecule has 3 aliphatic rings. The SMILES string of the molecule is N[C@@H]1CCCN(c2nccc(C3NNC4CNC(c5cccnc5)CC43)n2)C1. The van der Waals surface area contributed by atoms with Crippen molar-refractivity contribution >= 4 is 5.95 Å². The molecule has 0 radical (unpaired) electrons. The molecule has 28 heavy (non-hydrogen) atoms. The average Bonchev–Trinajstić information content (AvgIpc) is 3.18. The molecule has 5 N–H and O–H groups in total. The first-order valence-corrected chi connectivity index (χ1v) is 10.3. The summed E-state index contributed by atoms with van der Waals surface area (Å²) in [5, 5.41) is 3.65. The van der Waals surface area contributed by atoms with Gasteiger partial charge in [-0.1, -0.05) is 6.07 Å². The van der Waals surface area contributed by atoms with E-state index in [1.165, 1.54) is 5.56 Å². The highest BCUT2D eigenvalue weighted by atomic mass is 15.4. The number of hydrogen-bond donors (Lipinski definition) is 4. The van der Waals surface area contributed by atoms with Crippen LogP contribution in [0.4, 0.5) is 5.95 Å². The summed E-state index contributed by atoms with van der Waals surface area (Å²) >= 11 is 0. The van der Waals surface area contributed by atoms with Gasteiger partial charge in [0.1, 0.15) is 0 Å². The Balaban J connectivity index is 1.35. The third-order valence-corrected chi connectivity index (χ3v) is 6.27. The third kappa shape index (κ3) is 3.48. The van der Waals surface area contributed by atoms with Crippen LogP contribution in [0.3, 0.4) is 0 Å². The Morgan fingerprint density at radius 2 is 2.14 bits per heavy atom. The molecule has 3 fully saturated rings. The van der Waals surface area contributed by atoms with E-state index in [2.05, 4.69) is 37.1 Å². The summed E-state index contributed by atoms with van der Waals surface area (Å²) in [5.74, 6) is 1.26. The second kappa shape index (κ2) is 7.71. The molecular formula is C20H28N8. The molecular weight excluding hydrogens is 352 g/mol. The smallest absolute Gasteiger partial charge is 0.225 e. The van der Waals surface area contributed by atoms with Crippen LogP contribution < -0.4 is 26.8 Å². The van der Waals surface area contributed by atoms with Crippen molar-refractivity contribution < 1.29 is 0 Å². The van der Waals surface area contributed by atoms with Gasteiger partial charge in [-0.25, -0.2) is 15.4 Å². The van der Waals surface area contributed by atoms with Crippen molar-refractivity contribution in [3.63, 3.8) is 0 Å². The van der Waals surface area contributed by atoms with Crippen molar-refractivity contribution in [2.45, 2.75) is 43.4 Å². The average molecular weight is 381 g/mol. The monoisotopic (exact) mass is 380 g/mol. The lowest BCUT2D eigenvalue weighted by atomic mass is 9.81. The van der Waals surface area contributed by atoms with Crippen molar-refractivity contribution in [3.8, 4) is 0 Å². The molecule has 5 rings (SSSR count). The number of nitrogens with one attached hydrogen (secondary N) is 3. The Labute approximate surface area is 165 Å². The lowest BCUT2D eigenvalue weighted by molar-refractivity contribution is 0.265. The normalized spacial score (nSPS) is 32.9. The van der Waals surface area contributed by atoms with Gasteiger partial charge >= 0.3 is 0 Å². The Morgan fingerprint density at radius 1 is 1.18 bits per heavy atom. The second-order valence-corrected chi connectivity index (χ2v) is 8.15. The summed E-state index contributed by atoms with van der Waals surface area (Å²) in [5.41, 5.74) is 15.4. The number of piperidine rings is 2. The summed E-state index contributed by atoms with van der Waals surface area (Å²) in [6, 6.07) is 7.29. The van der Waals surface area contributed by atoms with Crippen LogP contribution in [0.25, 0.3) is 0 Å². The lowest BCUT2D eigenvalue weighted by Gasteiger charge is -2.34. The zero-order valence-corrected chi connectivity index (χ0v) is 16.0. The van der Waals surface area contributed by atoms with Crippen LogP contribution in [-0.4, -0.2) is 46.7 Å². The van der Waals surface area contributed by atoms with Crippen LogP contribution in [0.5, 0.6) is 0 Å². The van der Waals surface area contributed by atoms with Gasteiger partial charge in [0.15, 0.2) is 0 Å². The molecule has 0 spiro atoms. The van der Waals surface area contributed by atoms with Crippen LogP contribution in [-0.2, 0) is 0 Å². The second-order valence-electron chi connectivity index (χ2n) is 8.15. The Hall–Kier alpha value is -2.13. The predicted octanol–water partition coefficient (Wildman–Crippen LogP) is 0.667. The molecule has 8 heteroatoms. The first kappa shape index (κ1) is 17.9. The summed E-state index contributed by atoms with van der Waals surface area (Å²) < 4.78 is 0. The number of nitrogens with zero attached hydrogens (tertiary/aromatic N) is 4. The molecule has 5 heterocycles. The molecule has 3 aliphatic heterocycles. The lowest BCUT2D eigenvalue weighted by Crippen LogP contribution is -2.46. The zero-order valence-electron chi connectivity index (χ0n) is 16.0. The maximum Gasteiger partial charge on any atom is 0.225 e. The Kier molecular flexibility index (Phi) is 4.94. The van der Waals surface area contributed by atoms with Crippen molar-refractivity contribution in [2.24, 2.45) is 11.7 Å². The van der Waals surface area contributed by atoms with Gasteiger partial charge in [-0.3, -0.25) is 10.4 Å². The van der Waals surface area contributed by atoms with Crippen LogP contribution >= 0.6 is 0 Å². The van der Waals surface area contributed by atoms with Gasteiger partial charge in [0, 0.05) is 62.3 Å². The standard InChI is InChI=1S/C20H28N8/c21-14-4-2-8-28(12-14)20-23-7-5-16(25-20)19-15-9-17(13-3-1-6-22-10-13)24-11-18(15)26-27-19/h1,3,5-7,10,14-15,17-19,24,26-27H,2,4,8-9,11-12,21H2/t14-,15?,17?,18?,19?/m1/s1. The molecule has 0 amide bonds. The highest BCUT2D eigenvalue weighted by molar-refractivity contribution is 5.33. The first-order valence-electron chi connectivity index (χ1n) is 10.3. The minimum Gasteiger partial charge on any atom is -0.339 e. The van der Waals surface area contributed by atoms with Crippen molar-refractivity contribution in [3.05, 3.63) is 48.0 Å². The maximum atomic E-state index is 6.15. The van der Waals surface area contributed by atoms with Crippen molar-refractivity contribution in [2.75, 3.05) is 24.5 Å². The number of hydrogen-bond acceptors (Lipinski definition) is 8.